The van der Waals surface area contributed by atoms with Gasteiger partial charge in [-0.05, 0) is 61.2 Å². The van der Waals surface area contributed by atoms with Gasteiger partial charge in [0.2, 0.25) is 0 Å². The van der Waals surface area contributed by atoms with Crippen molar-refractivity contribution >= 4 is 0 Å². The van der Waals surface area contributed by atoms with E-state index in [0.717, 1.165) is 35.5 Å². The van der Waals surface area contributed by atoms with E-state index in [4.69, 9.17) is 11.5 Å². The molecule has 8 atom stereocenters. The molecule has 0 aromatic heterocycles. The summed E-state index contributed by atoms with van der Waals surface area (Å²) in [5.74, 6) is 5.30. The maximum Gasteiger partial charge on any atom is 0.0101 e. The van der Waals surface area contributed by atoms with Crippen LogP contribution in [0.1, 0.15) is 25.7 Å². The fourth-order valence-corrected chi connectivity index (χ4v) is 5.75. The van der Waals surface area contributed by atoms with Crippen molar-refractivity contribution in [1.82, 2.24) is 0 Å². The van der Waals surface area contributed by atoms with Crippen LogP contribution in [0, 0.1) is 35.5 Å². The minimum atomic E-state index is 0.535. The molecule has 4 saturated carbocycles. The average molecular weight is 192 g/mol. The molecule has 0 radical (unpaired) electrons. The summed E-state index contributed by atoms with van der Waals surface area (Å²) in [7, 11) is 0. The van der Waals surface area contributed by atoms with Gasteiger partial charge in [0.1, 0.15) is 0 Å². The Morgan fingerprint density at radius 2 is 0.857 bits per heavy atom. The van der Waals surface area contributed by atoms with Crippen LogP contribution in [-0.4, -0.2) is 12.1 Å². The van der Waals surface area contributed by atoms with Crippen molar-refractivity contribution in [1.29, 1.82) is 0 Å². The van der Waals surface area contributed by atoms with Gasteiger partial charge in [-0.15, -0.1) is 0 Å². The predicted octanol–water partition coefficient (Wildman–Crippen LogP) is 0.953. The van der Waals surface area contributed by atoms with E-state index in [-0.39, 0.29) is 0 Å². The third-order valence-corrected chi connectivity index (χ3v) is 6.07. The second kappa shape index (κ2) is 2.35. The monoisotopic (exact) mass is 192 g/mol. The van der Waals surface area contributed by atoms with Crippen molar-refractivity contribution in [3.63, 3.8) is 0 Å². The molecule has 0 spiro atoms. The molecule has 0 amide bonds. The van der Waals surface area contributed by atoms with Crippen molar-refractivity contribution < 1.29 is 0 Å². The van der Waals surface area contributed by atoms with Crippen molar-refractivity contribution in [2.24, 2.45) is 47.0 Å². The van der Waals surface area contributed by atoms with Gasteiger partial charge in [-0.25, -0.2) is 0 Å². The van der Waals surface area contributed by atoms with E-state index in [1.807, 2.05) is 0 Å². The summed E-state index contributed by atoms with van der Waals surface area (Å²) < 4.78 is 0. The first-order valence-electron chi connectivity index (χ1n) is 6.30. The van der Waals surface area contributed by atoms with Gasteiger partial charge < -0.3 is 11.5 Å². The first-order valence-corrected chi connectivity index (χ1v) is 6.30. The van der Waals surface area contributed by atoms with E-state index in [2.05, 4.69) is 0 Å². The fraction of sp³-hybridized carbons (Fsp3) is 1.00. The van der Waals surface area contributed by atoms with Crippen LogP contribution in [0.3, 0.4) is 0 Å². The van der Waals surface area contributed by atoms with Crippen LogP contribution in [0.5, 0.6) is 0 Å². The van der Waals surface area contributed by atoms with Crippen molar-refractivity contribution in [2.45, 2.75) is 37.8 Å². The van der Waals surface area contributed by atoms with Crippen LogP contribution in [0.25, 0.3) is 0 Å². The van der Waals surface area contributed by atoms with Gasteiger partial charge >= 0.3 is 0 Å². The molecule has 0 aromatic carbocycles. The molecule has 4 aliphatic carbocycles. The predicted molar refractivity (Wildman–Crippen MR) is 55.4 cm³/mol. The summed E-state index contributed by atoms with van der Waals surface area (Å²) in [5.41, 5.74) is 12.8. The van der Waals surface area contributed by atoms with Gasteiger partial charge in [0.25, 0.3) is 0 Å². The van der Waals surface area contributed by atoms with Gasteiger partial charge in [0.05, 0.1) is 0 Å². The highest BCUT2D eigenvalue weighted by molar-refractivity contribution is 5.17. The van der Waals surface area contributed by atoms with E-state index in [1.165, 1.54) is 25.7 Å². The second-order valence-corrected chi connectivity index (χ2v) is 6.12. The molecule has 4 fully saturated rings. The average Bonchev–Trinajstić information content (AvgIpc) is 2.83. The molecule has 2 heteroatoms. The number of hydrogen-bond donors (Lipinski definition) is 2. The topological polar surface area (TPSA) is 52.0 Å². The van der Waals surface area contributed by atoms with Gasteiger partial charge in [-0.3, -0.25) is 0 Å². The molecule has 0 aliphatic heterocycles. The van der Waals surface area contributed by atoms with Crippen LogP contribution in [0.4, 0.5) is 0 Å². The minimum Gasteiger partial charge on any atom is -0.327 e. The second-order valence-electron chi connectivity index (χ2n) is 6.12. The molecule has 0 heterocycles. The van der Waals surface area contributed by atoms with Crippen LogP contribution in [0.15, 0.2) is 0 Å². The standard InChI is InChI=1S/C12H20N2/c13-11-5-1-2-6-9(5)10-7(11)3-4-8(10)12(6)14/h5-12H,1-4,13-14H2/t5-,6+,7+,8-,9?,10?,11?,12?. The molecule has 14 heavy (non-hydrogen) atoms. The molecule has 4 N–H and O–H groups in total. The number of hydrogen-bond acceptors (Lipinski definition) is 2. The lowest BCUT2D eigenvalue weighted by Gasteiger charge is -2.18. The Balaban J connectivity index is 1.82. The largest absolute Gasteiger partial charge is 0.327 e. The van der Waals surface area contributed by atoms with Crippen molar-refractivity contribution in [3.8, 4) is 0 Å². The third-order valence-electron chi connectivity index (χ3n) is 6.07. The summed E-state index contributed by atoms with van der Waals surface area (Å²) in [4.78, 5) is 0. The molecule has 4 rings (SSSR count). The lowest BCUT2D eigenvalue weighted by molar-refractivity contribution is 0.322. The normalized spacial score (nSPS) is 69.0. The lowest BCUT2D eigenvalue weighted by Crippen LogP contribution is -2.34. The summed E-state index contributed by atoms with van der Waals surface area (Å²) in [6.45, 7) is 0. The summed E-state index contributed by atoms with van der Waals surface area (Å²) in [5, 5.41) is 0. The highest BCUT2D eigenvalue weighted by atomic mass is 14.9. The van der Waals surface area contributed by atoms with Crippen LogP contribution < -0.4 is 11.5 Å². The summed E-state index contributed by atoms with van der Waals surface area (Å²) in [6, 6.07) is 1.07. The molecule has 0 bridgehead atoms. The van der Waals surface area contributed by atoms with E-state index in [0.29, 0.717) is 12.1 Å². The van der Waals surface area contributed by atoms with Gasteiger partial charge in [-0.2, -0.15) is 0 Å². The van der Waals surface area contributed by atoms with Gasteiger partial charge in [0, 0.05) is 12.1 Å². The Morgan fingerprint density at radius 1 is 0.571 bits per heavy atom. The molecule has 2 nitrogen and oxygen atoms in total. The van der Waals surface area contributed by atoms with Crippen LogP contribution in [0.2, 0.25) is 0 Å². The smallest absolute Gasteiger partial charge is 0.0101 e. The minimum absolute atomic E-state index is 0.535. The SMILES string of the molecule is NC1[C@H]2CC[C@H]3C(N)[C@H]4CC[C@@H]1C4C23. The number of nitrogens with two attached hydrogens (primary N) is 2. The third kappa shape index (κ3) is 0.674. The van der Waals surface area contributed by atoms with E-state index >= 15 is 0 Å². The van der Waals surface area contributed by atoms with E-state index in [9.17, 15) is 0 Å². The maximum absolute atomic E-state index is 6.39. The van der Waals surface area contributed by atoms with Crippen LogP contribution >= 0.6 is 0 Å². The molecule has 4 aliphatic rings. The first kappa shape index (κ1) is 8.12. The van der Waals surface area contributed by atoms with E-state index in [1.54, 1.807) is 0 Å². The van der Waals surface area contributed by atoms with E-state index < -0.39 is 0 Å². The molecular weight excluding hydrogens is 172 g/mol. The molecule has 4 unspecified atom stereocenters. The maximum atomic E-state index is 6.39. The first-order chi connectivity index (χ1) is 6.79. The Kier molecular flexibility index (Phi) is 1.37. The summed E-state index contributed by atoms with van der Waals surface area (Å²) >= 11 is 0. The van der Waals surface area contributed by atoms with Gasteiger partial charge in [-0.1, -0.05) is 0 Å². The van der Waals surface area contributed by atoms with Crippen molar-refractivity contribution in [3.05, 3.63) is 0 Å². The van der Waals surface area contributed by atoms with Gasteiger partial charge in [0.15, 0.2) is 0 Å². The quantitative estimate of drug-likeness (QED) is 0.600. The zero-order chi connectivity index (χ0) is 9.45. The number of rotatable bonds is 0. The fourth-order valence-electron chi connectivity index (χ4n) is 5.75. The molecular formula is C12H20N2. The molecule has 0 aromatic rings. The Morgan fingerprint density at radius 3 is 1.14 bits per heavy atom. The van der Waals surface area contributed by atoms with Crippen LogP contribution in [-0.2, 0) is 0 Å². The Labute approximate surface area is 85.4 Å². The Bertz CT molecular complexity index is 225. The molecule has 0 saturated heterocycles. The highest BCUT2D eigenvalue weighted by Crippen LogP contribution is 2.66. The highest BCUT2D eigenvalue weighted by Gasteiger charge is 2.65. The summed E-state index contributed by atoms with van der Waals surface area (Å²) in [6.07, 6.45) is 5.52. The Hall–Kier alpha value is -0.0800. The van der Waals surface area contributed by atoms with Crippen molar-refractivity contribution in [2.75, 3.05) is 0 Å². The molecule has 78 valence electrons. The lowest BCUT2D eigenvalue weighted by atomic mass is 9.90. The zero-order valence-electron chi connectivity index (χ0n) is 8.60. The zero-order valence-corrected chi connectivity index (χ0v) is 8.60.